The topological polar surface area (TPSA) is 59.0 Å². The molecule has 1 aromatic rings. The van der Waals surface area contributed by atoms with E-state index in [9.17, 15) is 0 Å². The van der Waals surface area contributed by atoms with Gasteiger partial charge in [0.05, 0.1) is 13.2 Å². The minimum Gasteiger partial charge on any atom is -0.496 e. The smallest absolute Gasteiger partial charge is 0.124 e. The Morgan fingerprint density at radius 1 is 1.36 bits per heavy atom. The molecule has 0 fully saturated rings. The Labute approximate surface area is 84.1 Å². The summed E-state index contributed by atoms with van der Waals surface area (Å²) in [6, 6.07) is 5.19. The number of hydrogen-bond acceptors (Lipinski definition) is 3. The molecule has 74 valence electrons. The van der Waals surface area contributed by atoms with Gasteiger partial charge in [-0.1, -0.05) is 0 Å². The molecular formula is C11H14N2O. The van der Waals surface area contributed by atoms with Crippen molar-refractivity contribution in [3.63, 3.8) is 0 Å². The van der Waals surface area contributed by atoms with Crippen molar-refractivity contribution in [3.05, 3.63) is 28.8 Å². The van der Waals surface area contributed by atoms with Crippen LogP contribution >= 0.6 is 0 Å². The number of methoxy groups -OCH3 is 1. The molecule has 2 N–H and O–H groups in total. The minimum atomic E-state index is -0.621. The van der Waals surface area contributed by atoms with Crippen LogP contribution in [0, 0.1) is 25.2 Å². The van der Waals surface area contributed by atoms with Crippen LogP contribution in [-0.4, -0.2) is 7.11 Å². The third-order valence-corrected chi connectivity index (χ3v) is 2.32. The average Bonchev–Trinajstić information content (AvgIpc) is 2.20. The lowest BCUT2D eigenvalue weighted by Crippen LogP contribution is -2.09. The van der Waals surface area contributed by atoms with Gasteiger partial charge in [-0.2, -0.15) is 5.26 Å². The number of nitrogens with zero attached hydrogens (tertiary/aromatic N) is 1. The maximum absolute atomic E-state index is 8.74. The van der Waals surface area contributed by atoms with E-state index in [1.54, 1.807) is 7.11 Å². The zero-order chi connectivity index (χ0) is 10.7. The van der Waals surface area contributed by atoms with Gasteiger partial charge in [-0.15, -0.1) is 0 Å². The van der Waals surface area contributed by atoms with Gasteiger partial charge in [0.15, 0.2) is 0 Å². The van der Waals surface area contributed by atoms with Gasteiger partial charge in [-0.05, 0) is 37.1 Å². The van der Waals surface area contributed by atoms with Crippen LogP contribution in [0.25, 0.3) is 0 Å². The minimum absolute atomic E-state index is 0.621. The Bertz CT molecular complexity index is 380. The molecule has 0 aliphatic heterocycles. The summed E-state index contributed by atoms with van der Waals surface area (Å²) in [6.45, 7) is 3.99. The predicted octanol–water partition coefficient (Wildman–Crippen LogP) is 1.84. The highest BCUT2D eigenvalue weighted by atomic mass is 16.5. The Morgan fingerprint density at radius 3 is 2.43 bits per heavy atom. The standard InChI is InChI=1S/C11H14N2O/c1-7-4-9(10(13)6-12)11(14-3)5-8(7)2/h4-5,10H,13H2,1-3H3. The molecule has 0 amide bonds. The van der Waals surface area contributed by atoms with Crippen molar-refractivity contribution < 1.29 is 4.74 Å². The quantitative estimate of drug-likeness (QED) is 0.774. The molecule has 0 saturated carbocycles. The van der Waals surface area contributed by atoms with Crippen LogP contribution < -0.4 is 10.5 Å². The molecule has 3 heteroatoms. The van der Waals surface area contributed by atoms with E-state index in [1.807, 2.05) is 32.0 Å². The summed E-state index contributed by atoms with van der Waals surface area (Å²) in [4.78, 5) is 0. The van der Waals surface area contributed by atoms with E-state index in [0.29, 0.717) is 5.75 Å². The van der Waals surface area contributed by atoms with Crippen molar-refractivity contribution in [1.82, 2.24) is 0 Å². The highest BCUT2D eigenvalue weighted by Crippen LogP contribution is 2.26. The van der Waals surface area contributed by atoms with Gasteiger partial charge in [0.1, 0.15) is 11.8 Å². The first-order valence-electron chi connectivity index (χ1n) is 4.40. The zero-order valence-corrected chi connectivity index (χ0v) is 8.66. The number of hydrogen-bond donors (Lipinski definition) is 1. The molecule has 0 saturated heterocycles. The molecule has 0 heterocycles. The van der Waals surface area contributed by atoms with Gasteiger partial charge in [0.25, 0.3) is 0 Å². The maximum atomic E-state index is 8.74. The van der Waals surface area contributed by atoms with Gasteiger partial charge in [-0.25, -0.2) is 0 Å². The van der Waals surface area contributed by atoms with Gasteiger partial charge in [0, 0.05) is 5.56 Å². The fourth-order valence-electron chi connectivity index (χ4n) is 1.30. The summed E-state index contributed by atoms with van der Waals surface area (Å²) in [5, 5.41) is 8.74. The average molecular weight is 190 g/mol. The third-order valence-electron chi connectivity index (χ3n) is 2.32. The number of ether oxygens (including phenoxy) is 1. The summed E-state index contributed by atoms with van der Waals surface area (Å²) in [5.41, 5.74) is 8.65. The monoisotopic (exact) mass is 190 g/mol. The van der Waals surface area contributed by atoms with Crippen molar-refractivity contribution in [2.24, 2.45) is 5.73 Å². The number of nitrogens with two attached hydrogens (primary N) is 1. The second-order valence-electron chi connectivity index (χ2n) is 3.29. The molecule has 1 rings (SSSR count). The molecule has 1 atom stereocenters. The number of rotatable bonds is 2. The van der Waals surface area contributed by atoms with E-state index >= 15 is 0 Å². The lowest BCUT2D eigenvalue weighted by atomic mass is 10.0. The molecule has 0 aliphatic carbocycles. The normalized spacial score (nSPS) is 11.9. The predicted molar refractivity (Wildman–Crippen MR) is 55.0 cm³/mol. The Kier molecular flexibility index (Phi) is 3.10. The summed E-state index contributed by atoms with van der Waals surface area (Å²) in [7, 11) is 1.58. The summed E-state index contributed by atoms with van der Waals surface area (Å²) in [6.07, 6.45) is 0. The molecule has 1 unspecified atom stereocenters. The molecule has 3 nitrogen and oxygen atoms in total. The molecule has 0 bridgehead atoms. The molecular weight excluding hydrogens is 176 g/mol. The van der Waals surface area contributed by atoms with Crippen molar-refractivity contribution >= 4 is 0 Å². The third kappa shape index (κ3) is 1.86. The molecule has 1 aromatic carbocycles. The van der Waals surface area contributed by atoms with Crippen LogP contribution in [0.15, 0.2) is 12.1 Å². The maximum Gasteiger partial charge on any atom is 0.124 e. The molecule has 14 heavy (non-hydrogen) atoms. The summed E-state index contributed by atoms with van der Waals surface area (Å²) >= 11 is 0. The first-order valence-corrected chi connectivity index (χ1v) is 4.40. The molecule has 0 aromatic heterocycles. The van der Waals surface area contributed by atoms with Crippen molar-refractivity contribution in [3.8, 4) is 11.8 Å². The fraction of sp³-hybridized carbons (Fsp3) is 0.364. The van der Waals surface area contributed by atoms with Crippen LogP contribution in [0.4, 0.5) is 0 Å². The second-order valence-corrected chi connectivity index (χ2v) is 3.29. The number of aryl methyl sites for hydroxylation is 2. The molecule has 0 aliphatic rings. The summed E-state index contributed by atoms with van der Waals surface area (Å²) in [5.74, 6) is 0.683. The summed E-state index contributed by atoms with van der Waals surface area (Å²) < 4.78 is 5.17. The Balaban J connectivity index is 3.28. The highest BCUT2D eigenvalue weighted by molar-refractivity contribution is 5.44. The largest absolute Gasteiger partial charge is 0.496 e. The van der Waals surface area contributed by atoms with E-state index in [0.717, 1.165) is 16.7 Å². The van der Waals surface area contributed by atoms with Crippen LogP contribution in [0.5, 0.6) is 5.75 Å². The van der Waals surface area contributed by atoms with Crippen molar-refractivity contribution in [1.29, 1.82) is 5.26 Å². The van der Waals surface area contributed by atoms with Crippen molar-refractivity contribution in [2.75, 3.05) is 7.11 Å². The van der Waals surface area contributed by atoms with Gasteiger partial charge in [0.2, 0.25) is 0 Å². The Hall–Kier alpha value is -1.53. The number of benzene rings is 1. The first-order chi connectivity index (χ1) is 6.60. The van der Waals surface area contributed by atoms with E-state index in [2.05, 4.69) is 0 Å². The molecule has 0 spiro atoms. The highest BCUT2D eigenvalue weighted by Gasteiger charge is 2.12. The van der Waals surface area contributed by atoms with E-state index in [4.69, 9.17) is 15.7 Å². The van der Waals surface area contributed by atoms with Crippen molar-refractivity contribution in [2.45, 2.75) is 19.9 Å². The SMILES string of the molecule is COc1cc(C)c(C)cc1C(N)C#N. The van der Waals surface area contributed by atoms with E-state index in [1.165, 1.54) is 0 Å². The van der Waals surface area contributed by atoms with Gasteiger partial charge < -0.3 is 10.5 Å². The van der Waals surface area contributed by atoms with Crippen LogP contribution in [-0.2, 0) is 0 Å². The van der Waals surface area contributed by atoms with Crippen LogP contribution in [0.2, 0.25) is 0 Å². The number of nitriles is 1. The Morgan fingerprint density at radius 2 is 1.93 bits per heavy atom. The lowest BCUT2D eigenvalue weighted by molar-refractivity contribution is 0.408. The van der Waals surface area contributed by atoms with E-state index in [-0.39, 0.29) is 0 Å². The zero-order valence-electron chi connectivity index (χ0n) is 8.66. The van der Waals surface area contributed by atoms with Gasteiger partial charge in [-0.3, -0.25) is 0 Å². The van der Waals surface area contributed by atoms with E-state index < -0.39 is 6.04 Å². The first kappa shape index (κ1) is 10.6. The van der Waals surface area contributed by atoms with Crippen LogP contribution in [0.3, 0.4) is 0 Å². The van der Waals surface area contributed by atoms with Gasteiger partial charge >= 0.3 is 0 Å². The molecule has 0 radical (unpaired) electrons. The van der Waals surface area contributed by atoms with Crippen LogP contribution in [0.1, 0.15) is 22.7 Å². The second kappa shape index (κ2) is 4.12. The fourth-order valence-corrected chi connectivity index (χ4v) is 1.30. The lowest BCUT2D eigenvalue weighted by Gasteiger charge is -2.12.